The summed E-state index contributed by atoms with van der Waals surface area (Å²) in [5, 5.41) is 22.0. The third kappa shape index (κ3) is 4.38. The van der Waals surface area contributed by atoms with E-state index in [1.54, 1.807) is 6.07 Å². The van der Waals surface area contributed by atoms with E-state index in [1.807, 2.05) is 0 Å². The lowest BCUT2D eigenvalue weighted by molar-refractivity contribution is -0.385. The second-order valence-electron chi connectivity index (χ2n) is 6.36. The Kier molecular flexibility index (Phi) is 6.56. The Morgan fingerprint density at radius 2 is 1.66 bits per heavy atom. The zero-order valence-corrected chi connectivity index (χ0v) is 17.1. The first-order valence-corrected chi connectivity index (χ1v) is 8.96. The number of hydrogen-bond acceptors (Lipinski definition) is 4. The number of nitro groups is 1. The molecule has 170 valence electrons. The van der Waals surface area contributed by atoms with Gasteiger partial charge >= 0.3 is 18.0 Å². The van der Waals surface area contributed by atoms with Gasteiger partial charge in [-0.05, 0) is 46.6 Å². The molecule has 0 bridgehead atoms. The summed E-state index contributed by atoms with van der Waals surface area (Å²) in [6, 6.07) is 4.87. The molecule has 0 aliphatic heterocycles. The maximum Gasteiger partial charge on any atom is 0.435 e. The van der Waals surface area contributed by atoms with Crippen LogP contribution in [-0.2, 0) is 5.67 Å². The first kappa shape index (κ1) is 25.1. The third-order valence-corrected chi connectivity index (χ3v) is 4.91. The molecule has 6 nitrogen and oxygen atoms in total. The van der Waals surface area contributed by atoms with E-state index in [9.17, 15) is 45.6 Å². The van der Waals surface area contributed by atoms with Crippen molar-refractivity contribution in [3.63, 3.8) is 0 Å². The average molecular weight is 528 g/mol. The number of carbonyl (C=O) groups excluding carboxylic acids is 1. The average Bonchev–Trinajstić information content (AvgIpc) is 2.67. The van der Waals surface area contributed by atoms with Gasteiger partial charge in [-0.1, -0.05) is 6.07 Å². The smallest absolute Gasteiger partial charge is 0.321 e. The van der Waals surface area contributed by atoms with Gasteiger partial charge in [0, 0.05) is 21.7 Å². The van der Waals surface area contributed by atoms with Gasteiger partial charge in [-0.2, -0.15) is 31.6 Å². The Bertz CT molecular complexity index is 1100. The molecule has 0 saturated carbocycles. The van der Waals surface area contributed by atoms with Crippen LogP contribution in [0, 0.1) is 28.4 Å². The molecule has 1 N–H and O–H groups in total. The highest BCUT2D eigenvalue weighted by Crippen LogP contribution is 2.54. The third-order valence-electron chi connectivity index (χ3n) is 4.28. The first-order valence-electron chi connectivity index (χ1n) is 8.17. The van der Waals surface area contributed by atoms with Crippen molar-refractivity contribution in [2.45, 2.75) is 24.9 Å². The standard InChI is InChI=1S/C18H9BrF7N3O3/c1-8-4-11(16(20,17(21,22)23)18(24,25)26)6-12(19)14(8)28-15(30)9-2-3-10(7-27)13(5-9)29(31)32/h2-6H,1H3,(H,28,30). The predicted octanol–water partition coefficient (Wildman–Crippen LogP) is 6.08. The molecule has 0 spiro atoms. The summed E-state index contributed by atoms with van der Waals surface area (Å²) in [6.45, 7) is 1.03. The number of halogens is 8. The molecule has 0 radical (unpaired) electrons. The number of hydrogen-bond donors (Lipinski definition) is 1. The van der Waals surface area contributed by atoms with E-state index in [0.29, 0.717) is 0 Å². The van der Waals surface area contributed by atoms with Crippen molar-refractivity contribution in [2.75, 3.05) is 5.32 Å². The van der Waals surface area contributed by atoms with Crippen LogP contribution in [0.4, 0.5) is 42.1 Å². The number of anilines is 1. The van der Waals surface area contributed by atoms with Crippen molar-refractivity contribution in [3.05, 3.63) is 67.2 Å². The van der Waals surface area contributed by atoms with Gasteiger partial charge < -0.3 is 5.32 Å². The van der Waals surface area contributed by atoms with Crippen LogP contribution in [0.15, 0.2) is 34.8 Å². The minimum Gasteiger partial charge on any atom is -0.321 e. The molecule has 2 aromatic carbocycles. The second kappa shape index (κ2) is 8.38. The molecule has 1 amide bonds. The zero-order valence-electron chi connectivity index (χ0n) is 15.5. The van der Waals surface area contributed by atoms with Gasteiger partial charge in [-0.25, -0.2) is 4.39 Å². The van der Waals surface area contributed by atoms with Gasteiger partial charge in [0.1, 0.15) is 11.6 Å². The fourth-order valence-corrected chi connectivity index (χ4v) is 3.35. The fraction of sp³-hybridized carbons (Fsp3) is 0.222. The fourth-order valence-electron chi connectivity index (χ4n) is 2.69. The second-order valence-corrected chi connectivity index (χ2v) is 7.21. The summed E-state index contributed by atoms with van der Waals surface area (Å²) >= 11 is 2.72. The maximum atomic E-state index is 14.3. The number of alkyl halides is 7. The van der Waals surface area contributed by atoms with Crippen molar-refractivity contribution in [1.82, 2.24) is 0 Å². The lowest BCUT2D eigenvalue weighted by Gasteiger charge is -2.31. The molecule has 0 aliphatic carbocycles. The summed E-state index contributed by atoms with van der Waals surface area (Å²) in [5.41, 5.74) is -9.43. The van der Waals surface area contributed by atoms with E-state index >= 15 is 0 Å². The molecule has 2 rings (SSSR count). The molecule has 0 saturated heterocycles. The number of nitrogens with zero attached hydrogens (tertiary/aromatic N) is 2. The topological polar surface area (TPSA) is 96.0 Å². The molecule has 0 heterocycles. The molecule has 0 aromatic heterocycles. The molecular weight excluding hydrogens is 519 g/mol. The number of nitrogens with one attached hydrogen (secondary N) is 1. The number of aryl methyl sites for hydroxylation is 1. The van der Waals surface area contributed by atoms with Gasteiger partial charge in [-0.3, -0.25) is 14.9 Å². The van der Waals surface area contributed by atoms with E-state index in [0.717, 1.165) is 25.1 Å². The van der Waals surface area contributed by atoms with Gasteiger partial charge in [0.15, 0.2) is 0 Å². The molecule has 14 heteroatoms. The number of amides is 1. The Morgan fingerprint density at radius 1 is 1.09 bits per heavy atom. The number of nitro benzene ring substituents is 1. The minimum absolute atomic E-state index is 0.227. The zero-order chi connectivity index (χ0) is 24.6. The van der Waals surface area contributed by atoms with Crippen LogP contribution >= 0.6 is 15.9 Å². The highest BCUT2D eigenvalue weighted by molar-refractivity contribution is 9.10. The number of benzene rings is 2. The van der Waals surface area contributed by atoms with Crippen molar-refractivity contribution >= 4 is 33.2 Å². The highest BCUT2D eigenvalue weighted by Gasteiger charge is 2.73. The van der Waals surface area contributed by atoms with Crippen LogP contribution in [0.3, 0.4) is 0 Å². The van der Waals surface area contributed by atoms with Crippen LogP contribution in [0.1, 0.15) is 27.0 Å². The minimum atomic E-state index is -6.32. The summed E-state index contributed by atoms with van der Waals surface area (Å²) in [6.07, 6.45) is -12.6. The monoisotopic (exact) mass is 527 g/mol. The predicted molar refractivity (Wildman–Crippen MR) is 99.5 cm³/mol. The lowest BCUT2D eigenvalue weighted by Crippen LogP contribution is -2.50. The normalized spacial score (nSPS) is 12.2. The van der Waals surface area contributed by atoms with Crippen LogP contribution in [-0.4, -0.2) is 23.2 Å². The van der Waals surface area contributed by atoms with E-state index in [-0.39, 0.29) is 34.5 Å². The molecule has 0 aliphatic rings. The summed E-state index contributed by atoms with van der Waals surface area (Å²) in [5.74, 6) is -1.02. The number of carbonyl (C=O) groups is 1. The molecule has 32 heavy (non-hydrogen) atoms. The van der Waals surface area contributed by atoms with Crippen molar-refractivity contribution in [1.29, 1.82) is 5.26 Å². The summed E-state index contributed by atoms with van der Waals surface area (Å²) < 4.78 is 91.7. The summed E-state index contributed by atoms with van der Waals surface area (Å²) in [7, 11) is 0. The SMILES string of the molecule is Cc1cc(C(F)(C(F)(F)F)C(F)(F)F)cc(Br)c1NC(=O)c1ccc(C#N)c([N+](=O)[O-])c1. The van der Waals surface area contributed by atoms with E-state index < -0.39 is 44.6 Å². The van der Waals surface area contributed by atoms with Crippen LogP contribution < -0.4 is 5.32 Å². The van der Waals surface area contributed by atoms with Gasteiger partial charge in [-0.15, -0.1) is 0 Å². The molecule has 0 atom stereocenters. The lowest BCUT2D eigenvalue weighted by atomic mass is 9.92. The first-order chi connectivity index (χ1) is 14.5. The molecule has 2 aromatic rings. The van der Waals surface area contributed by atoms with Crippen LogP contribution in [0.2, 0.25) is 0 Å². The van der Waals surface area contributed by atoms with Crippen LogP contribution in [0.5, 0.6) is 0 Å². The Hall–Kier alpha value is -3.21. The highest BCUT2D eigenvalue weighted by atomic mass is 79.9. The quantitative estimate of drug-likeness (QED) is 0.296. The molecule has 0 unspecified atom stereocenters. The van der Waals surface area contributed by atoms with Crippen molar-refractivity contribution < 1.29 is 40.5 Å². The molecular formula is C18H9BrF7N3O3. The largest absolute Gasteiger partial charge is 0.435 e. The Balaban J connectivity index is 2.50. The number of rotatable bonds is 4. The van der Waals surface area contributed by atoms with E-state index in [1.165, 1.54) is 0 Å². The van der Waals surface area contributed by atoms with Crippen LogP contribution in [0.25, 0.3) is 0 Å². The van der Waals surface area contributed by atoms with Gasteiger partial charge in [0.05, 0.1) is 10.6 Å². The van der Waals surface area contributed by atoms with Gasteiger partial charge in [0.2, 0.25) is 0 Å². The molecule has 0 fully saturated rings. The van der Waals surface area contributed by atoms with Crippen molar-refractivity contribution in [3.8, 4) is 6.07 Å². The number of nitriles is 1. The Labute approximate surface area is 182 Å². The van der Waals surface area contributed by atoms with Crippen molar-refractivity contribution in [2.24, 2.45) is 0 Å². The van der Waals surface area contributed by atoms with E-state index in [2.05, 4.69) is 21.2 Å². The van der Waals surface area contributed by atoms with Gasteiger partial charge in [0.25, 0.3) is 11.6 Å². The Morgan fingerprint density at radius 3 is 2.09 bits per heavy atom. The maximum absolute atomic E-state index is 14.3. The summed E-state index contributed by atoms with van der Waals surface area (Å²) in [4.78, 5) is 22.5. The van der Waals surface area contributed by atoms with E-state index in [4.69, 9.17) is 5.26 Å².